The molecule has 0 radical (unpaired) electrons. The molecule has 4 rings (SSSR count). The van der Waals surface area contributed by atoms with Gasteiger partial charge in [-0.15, -0.1) is 0 Å². The zero-order valence-electron chi connectivity index (χ0n) is 16.5. The Morgan fingerprint density at radius 3 is 2.61 bits per heavy atom. The maximum atomic E-state index is 12.7. The first kappa shape index (κ1) is 19.7. The number of hydrogen-bond acceptors (Lipinski definition) is 3. The van der Waals surface area contributed by atoms with Gasteiger partial charge in [-0.3, -0.25) is 9.78 Å². The lowest BCUT2D eigenvalue weighted by Gasteiger charge is -2.29. The highest BCUT2D eigenvalue weighted by atomic mass is 35.5. The van der Waals surface area contributed by atoms with Crippen LogP contribution in [0.3, 0.4) is 0 Å². The van der Waals surface area contributed by atoms with Crippen LogP contribution in [-0.4, -0.2) is 28.1 Å². The van der Waals surface area contributed by atoms with Crippen molar-refractivity contribution in [1.82, 2.24) is 10.3 Å². The average molecular weight is 401 g/mol. The van der Waals surface area contributed by atoms with E-state index in [9.17, 15) is 9.90 Å². The van der Waals surface area contributed by atoms with E-state index in [-0.39, 0.29) is 18.1 Å². The molecular formula is C23H29ClN2O2. The number of nitrogens with one attached hydrogen (secondary N) is 1. The Balaban J connectivity index is 1.42. The molecule has 0 spiro atoms. The molecule has 2 saturated carbocycles. The second-order valence-electron chi connectivity index (χ2n) is 8.69. The Labute approximate surface area is 171 Å². The number of halogens is 1. The third-order valence-electron chi connectivity index (χ3n) is 6.46. The summed E-state index contributed by atoms with van der Waals surface area (Å²) >= 11 is 6.50. The summed E-state index contributed by atoms with van der Waals surface area (Å²) in [4.78, 5) is 17.2. The smallest absolute Gasteiger partial charge is 0.253 e. The fraction of sp³-hybridized carbons (Fsp3) is 0.565. The van der Waals surface area contributed by atoms with E-state index in [4.69, 9.17) is 11.6 Å². The number of amides is 1. The maximum Gasteiger partial charge on any atom is 0.253 e. The first-order chi connectivity index (χ1) is 13.5. The summed E-state index contributed by atoms with van der Waals surface area (Å²) in [6.07, 6.45) is 10.0. The predicted octanol–water partition coefficient (Wildman–Crippen LogP) is 5.22. The van der Waals surface area contributed by atoms with E-state index in [0.717, 1.165) is 48.0 Å². The van der Waals surface area contributed by atoms with Gasteiger partial charge >= 0.3 is 0 Å². The number of aliphatic hydroxyl groups excluding tert-OH is 1. The van der Waals surface area contributed by atoms with Gasteiger partial charge < -0.3 is 10.4 Å². The zero-order valence-corrected chi connectivity index (χ0v) is 17.2. The Morgan fingerprint density at radius 1 is 1.21 bits per heavy atom. The second kappa shape index (κ2) is 8.38. The molecule has 1 heterocycles. The van der Waals surface area contributed by atoms with Crippen LogP contribution >= 0.6 is 11.6 Å². The van der Waals surface area contributed by atoms with E-state index in [1.165, 1.54) is 24.8 Å². The third kappa shape index (κ3) is 4.33. The minimum atomic E-state index is -0.239. The number of carbonyl (C=O) groups excluding carboxylic acids is 1. The molecule has 150 valence electrons. The van der Waals surface area contributed by atoms with Crippen LogP contribution < -0.4 is 5.32 Å². The molecule has 1 aromatic carbocycles. The van der Waals surface area contributed by atoms with Crippen LogP contribution in [0.5, 0.6) is 0 Å². The van der Waals surface area contributed by atoms with Crippen molar-refractivity contribution in [1.29, 1.82) is 0 Å². The lowest BCUT2D eigenvalue weighted by atomic mass is 9.80. The Bertz CT molecular complexity index is 855. The van der Waals surface area contributed by atoms with Crippen molar-refractivity contribution in [3.05, 3.63) is 40.5 Å². The highest BCUT2D eigenvalue weighted by Gasteiger charge is 2.25. The molecule has 0 saturated heterocycles. The van der Waals surface area contributed by atoms with Gasteiger partial charge in [0, 0.05) is 22.6 Å². The molecule has 1 aromatic heterocycles. The molecule has 2 fully saturated rings. The Morgan fingerprint density at radius 2 is 1.96 bits per heavy atom. The van der Waals surface area contributed by atoms with E-state index in [1.54, 1.807) is 6.20 Å². The van der Waals surface area contributed by atoms with Crippen LogP contribution in [0.2, 0.25) is 5.02 Å². The van der Waals surface area contributed by atoms with Crippen molar-refractivity contribution in [3.63, 3.8) is 0 Å². The van der Waals surface area contributed by atoms with Gasteiger partial charge in [-0.1, -0.05) is 18.0 Å². The molecule has 1 amide bonds. The maximum absolute atomic E-state index is 12.7. The predicted molar refractivity (Wildman–Crippen MR) is 113 cm³/mol. The number of aromatic nitrogens is 1. The van der Waals surface area contributed by atoms with Gasteiger partial charge in [0.1, 0.15) is 0 Å². The highest BCUT2D eigenvalue weighted by molar-refractivity contribution is 6.32. The topological polar surface area (TPSA) is 62.2 Å². The molecule has 2 aliphatic carbocycles. The Kier molecular flexibility index (Phi) is 5.88. The molecule has 1 atom stereocenters. The van der Waals surface area contributed by atoms with Crippen LogP contribution in [0.1, 0.15) is 80.1 Å². The molecule has 2 aliphatic rings. The van der Waals surface area contributed by atoms with E-state index < -0.39 is 0 Å². The summed E-state index contributed by atoms with van der Waals surface area (Å²) < 4.78 is 0. The molecule has 4 nitrogen and oxygen atoms in total. The minimum absolute atomic E-state index is 0.0624. The van der Waals surface area contributed by atoms with Crippen molar-refractivity contribution < 1.29 is 9.90 Å². The second-order valence-corrected chi connectivity index (χ2v) is 9.10. The van der Waals surface area contributed by atoms with Crippen LogP contribution in [0.4, 0.5) is 0 Å². The number of pyridine rings is 1. The van der Waals surface area contributed by atoms with Crippen molar-refractivity contribution in [3.8, 4) is 0 Å². The normalized spacial score (nSPS) is 24.0. The fourth-order valence-corrected chi connectivity index (χ4v) is 4.94. The fourth-order valence-electron chi connectivity index (χ4n) is 4.61. The number of carbonyl (C=O) groups is 1. The van der Waals surface area contributed by atoms with Crippen LogP contribution in [0.25, 0.3) is 10.9 Å². The number of aliphatic hydroxyl groups is 1. The van der Waals surface area contributed by atoms with E-state index >= 15 is 0 Å². The van der Waals surface area contributed by atoms with E-state index in [1.807, 2.05) is 19.1 Å². The zero-order chi connectivity index (χ0) is 19.7. The summed E-state index contributed by atoms with van der Waals surface area (Å²) in [6, 6.07) is 6.15. The van der Waals surface area contributed by atoms with Gasteiger partial charge in [-0.25, -0.2) is 0 Å². The van der Waals surface area contributed by atoms with Crippen molar-refractivity contribution >= 4 is 28.4 Å². The molecule has 2 N–H and O–H groups in total. The Hall–Kier alpha value is -1.65. The summed E-state index contributed by atoms with van der Waals surface area (Å²) in [5, 5.41) is 14.4. The highest BCUT2D eigenvalue weighted by Crippen LogP contribution is 2.41. The van der Waals surface area contributed by atoms with Gasteiger partial charge in [-0.05, 0) is 87.5 Å². The van der Waals surface area contributed by atoms with Gasteiger partial charge in [0.2, 0.25) is 0 Å². The van der Waals surface area contributed by atoms with E-state index in [0.29, 0.717) is 17.4 Å². The summed E-state index contributed by atoms with van der Waals surface area (Å²) in [5.41, 5.74) is 2.69. The molecule has 0 aliphatic heterocycles. The monoisotopic (exact) mass is 400 g/mol. The molecule has 0 bridgehead atoms. The number of hydrogen-bond donors (Lipinski definition) is 2. The minimum Gasteiger partial charge on any atom is -0.393 e. The lowest BCUT2D eigenvalue weighted by molar-refractivity contribution is 0.0910. The van der Waals surface area contributed by atoms with Gasteiger partial charge in [-0.2, -0.15) is 0 Å². The number of fused-ring (bicyclic) bond motifs is 1. The number of rotatable bonds is 5. The largest absolute Gasteiger partial charge is 0.393 e. The average Bonchev–Trinajstić information content (AvgIpc) is 2.61. The van der Waals surface area contributed by atoms with Crippen LogP contribution in [-0.2, 0) is 0 Å². The molecule has 28 heavy (non-hydrogen) atoms. The summed E-state index contributed by atoms with van der Waals surface area (Å²) in [5.74, 6) is 1.07. The van der Waals surface area contributed by atoms with Gasteiger partial charge in [0.15, 0.2) is 0 Å². The standard InChI is InChI=1S/C23H29ClN2O2/c1-14(27)9-15-5-7-19(8-6-15)26-23(28)18-10-17-11-21(24)20(16-3-2-4-16)12-22(17)25-13-18/h10-16,19,27H,2-9H2,1H3,(H,26,28). The quantitative estimate of drug-likeness (QED) is 0.723. The molecular weight excluding hydrogens is 372 g/mol. The molecule has 2 aromatic rings. The molecule has 5 heteroatoms. The van der Waals surface area contributed by atoms with Crippen molar-refractivity contribution in [2.45, 2.75) is 76.4 Å². The van der Waals surface area contributed by atoms with Crippen molar-refractivity contribution in [2.75, 3.05) is 0 Å². The summed E-state index contributed by atoms with van der Waals surface area (Å²) in [6.45, 7) is 1.85. The van der Waals surface area contributed by atoms with Crippen LogP contribution in [0, 0.1) is 5.92 Å². The van der Waals surface area contributed by atoms with Gasteiger partial charge in [0.25, 0.3) is 5.91 Å². The summed E-state index contributed by atoms with van der Waals surface area (Å²) in [7, 11) is 0. The number of nitrogens with zero attached hydrogens (tertiary/aromatic N) is 1. The number of benzene rings is 1. The van der Waals surface area contributed by atoms with Crippen molar-refractivity contribution in [2.24, 2.45) is 5.92 Å². The SMILES string of the molecule is CC(O)CC1CCC(NC(=O)c2cnc3cc(C4CCC4)c(Cl)cc3c2)CC1. The lowest BCUT2D eigenvalue weighted by Crippen LogP contribution is -2.38. The third-order valence-corrected chi connectivity index (χ3v) is 6.79. The van der Waals surface area contributed by atoms with Gasteiger partial charge in [0.05, 0.1) is 17.2 Å². The first-order valence-corrected chi connectivity index (χ1v) is 11.0. The van der Waals surface area contributed by atoms with E-state index in [2.05, 4.69) is 16.4 Å². The first-order valence-electron chi connectivity index (χ1n) is 10.6. The molecule has 1 unspecified atom stereocenters. The van der Waals surface area contributed by atoms with Crippen LogP contribution in [0.15, 0.2) is 24.4 Å².